The summed E-state index contributed by atoms with van der Waals surface area (Å²) in [5.74, 6) is 1.23. The minimum atomic E-state index is -0.172. The number of para-hydroxylation sites is 1. The minimum Gasteiger partial charge on any atom is -0.486 e. The number of carbonyl (C=O) groups is 1. The molecule has 2 aliphatic heterocycles. The lowest BCUT2D eigenvalue weighted by Gasteiger charge is -2.18. The molecule has 1 amide bonds. The third-order valence-corrected chi connectivity index (χ3v) is 4.40. The van der Waals surface area contributed by atoms with E-state index in [0.29, 0.717) is 29.8 Å². The van der Waals surface area contributed by atoms with Gasteiger partial charge in [-0.05, 0) is 54.5 Å². The Hall–Kier alpha value is -2.86. The highest BCUT2D eigenvalue weighted by molar-refractivity contribution is 7.80. The van der Waals surface area contributed by atoms with Crippen molar-refractivity contribution in [2.24, 2.45) is 0 Å². The van der Waals surface area contributed by atoms with Gasteiger partial charge in [0.05, 0.1) is 5.69 Å². The van der Waals surface area contributed by atoms with Gasteiger partial charge in [0.25, 0.3) is 5.91 Å². The molecule has 0 spiro atoms. The van der Waals surface area contributed by atoms with Crippen LogP contribution in [-0.4, -0.2) is 24.2 Å². The van der Waals surface area contributed by atoms with Crippen LogP contribution in [0.25, 0.3) is 6.08 Å². The van der Waals surface area contributed by atoms with Crippen LogP contribution in [0.3, 0.4) is 0 Å². The molecule has 0 unspecified atom stereocenters. The number of hydrogen-bond donors (Lipinski definition) is 1. The number of benzene rings is 2. The van der Waals surface area contributed by atoms with Gasteiger partial charge in [0, 0.05) is 0 Å². The lowest BCUT2D eigenvalue weighted by atomic mass is 10.1. The van der Waals surface area contributed by atoms with Crippen molar-refractivity contribution in [3.05, 3.63) is 59.3 Å². The standard InChI is InChI=1S/C19H16N2O3S/c1-12-4-2-3-5-15(12)21-18(22)14(20-19(21)25)10-13-6-7-16-17(11-13)24-9-8-23-16/h2-7,10-11H,8-9H2,1H3,(H,20,25)/b14-10+. The van der Waals surface area contributed by atoms with Crippen molar-refractivity contribution in [2.75, 3.05) is 18.1 Å². The summed E-state index contributed by atoms with van der Waals surface area (Å²) < 4.78 is 11.1. The van der Waals surface area contributed by atoms with E-state index in [-0.39, 0.29) is 5.91 Å². The summed E-state index contributed by atoms with van der Waals surface area (Å²) in [6.45, 7) is 3.02. The average Bonchev–Trinajstić information content (AvgIpc) is 2.89. The fourth-order valence-electron chi connectivity index (χ4n) is 2.88. The van der Waals surface area contributed by atoms with E-state index in [9.17, 15) is 4.79 Å². The van der Waals surface area contributed by atoms with E-state index < -0.39 is 0 Å². The number of nitrogens with one attached hydrogen (secondary N) is 1. The monoisotopic (exact) mass is 352 g/mol. The number of fused-ring (bicyclic) bond motifs is 1. The van der Waals surface area contributed by atoms with E-state index in [0.717, 1.165) is 22.6 Å². The Kier molecular flexibility index (Phi) is 3.89. The molecule has 4 rings (SSSR count). The zero-order valence-electron chi connectivity index (χ0n) is 13.6. The average molecular weight is 352 g/mol. The van der Waals surface area contributed by atoms with Crippen molar-refractivity contribution in [1.29, 1.82) is 0 Å². The molecule has 5 nitrogen and oxygen atoms in total. The number of aryl methyl sites for hydroxylation is 1. The van der Waals surface area contributed by atoms with Gasteiger partial charge in [0.15, 0.2) is 16.6 Å². The van der Waals surface area contributed by atoms with Crippen molar-refractivity contribution in [2.45, 2.75) is 6.92 Å². The molecule has 2 heterocycles. The molecule has 1 N–H and O–H groups in total. The second kappa shape index (κ2) is 6.22. The summed E-state index contributed by atoms with van der Waals surface area (Å²) >= 11 is 5.36. The fourth-order valence-corrected chi connectivity index (χ4v) is 3.18. The number of anilines is 1. The molecule has 6 heteroatoms. The SMILES string of the molecule is Cc1ccccc1N1C(=O)/C(=C\c2ccc3c(c2)OCCO3)NC1=S. The predicted octanol–water partition coefficient (Wildman–Crippen LogP) is 3.03. The number of ether oxygens (including phenoxy) is 2. The first kappa shape index (κ1) is 15.7. The molecule has 25 heavy (non-hydrogen) atoms. The molecular formula is C19H16N2O3S. The van der Waals surface area contributed by atoms with Gasteiger partial charge in [-0.25, -0.2) is 0 Å². The maximum absolute atomic E-state index is 12.8. The number of carbonyl (C=O) groups excluding carboxylic acids is 1. The van der Waals surface area contributed by atoms with Crippen molar-refractivity contribution in [3.63, 3.8) is 0 Å². The molecule has 126 valence electrons. The molecule has 2 aliphatic rings. The Morgan fingerprint density at radius 2 is 1.88 bits per heavy atom. The van der Waals surface area contributed by atoms with Gasteiger partial charge in [0.1, 0.15) is 18.9 Å². The van der Waals surface area contributed by atoms with Gasteiger partial charge in [-0.2, -0.15) is 0 Å². The number of hydrogen-bond acceptors (Lipinski definition) is 4. The molecule has 0 bridgehead atoms. The first-order valence-corrected chi connectivity index (χ1v) is 8.37. The smallest absolute Gasteiger partial charge is 0.281 e. The molecule has 0 saturated carbocycles. The molecule has 2 aromatic rings. The van der Waals surface area contributed by atoms with Crippen LogP contribution < -0.4 is 19.7 Å². The zero-order valence-corrected chi connectivity index (χ0v) is 14.4. The van der Waals surface area contributed by atoms with Gasteiger partial charge < -0.3 is 14.8 Å². The Balaban J connectivity index is 1.66. The largest absolute Gasteiger partial charge is 0.486 e. The Bertz CT molecular complexity index is 907. The highest BCUT2D eigenvalue weighted by Gasteiger charge is 2.32. The Morgan fingerprint density at radius 3 is 2.68 bits per heavy atom. The Labute approximate surface area is 150 Å². The summed E-state index contributed by atoms with van der Waals surface area (Å²) in [5.41, 5.74) is 3.05. The highest BCUT2D eigenvalue weighted by atomic mass is 32.1. The lowest BCUT2D eigenvalue weighted by Crippen LogP contribution is -2.30. The van der Waals surface area contributed by atoms with E-state index in [2.05, 4.69) is 5.32 Å². The van der Waals surface area contributed by atoms with Crippen LogP contribution in [0.5, 0.6) is 11.5 Å². The van der Waals surface area contributed by atoms with Gasteiger partial charge >= 0.3 is 0 Å². The molecule has 1 fully saturated rings. The molecule has 1 saturated heterocycles. The van der Waals surface area contributed by atoms with E-state index >= 15 is 0 Å². The van der Waals surface area contributed by atoms with E-state index in [1.165, 1.54) is 4.90 Å². The summed E-state index contributed by atoms with van der Waals surface area (Å²) in [5, 5.41) is 3.38. The highest BCUT2D eigenvalue weighted by Crippen LogP contribution is 2.32. The maximum atomic E-state index is 12.8. The maximum Gasteiger partial charge on any atom is 0.281 e. The quantitative estimate of drug-likeness (QED) is 0.665. The minimum absolute atomic E-state index is 0.172. The summed E-state index contributed by atoms with van der Waals surface area (Å²) in [6.07, 6.45) is 1.77. The topological polar surface area (TPSA) is 50.8 Å². The first-order valence-electron chi connectivity index (χ1n) is 7.96. The zero-order chi connectivity index (χ0) is 17.4. The van der Waals surface area contributed by atoms with Gasteiger partial charge in [-0.1, -0.05) is 24.3 Å². The van der Waals surface area contributed by atoms with Gasteiger partial charge in [-0.3, -0.25) is 9.69 Å². The van der Waals surface area contributed by atoms with E-state index in [4.69, 9.17) is 21.7 Å². The number of amides is 1. The van der Waals surface area contributed by atoms with Crippen LogP contribution >= 0.6 is 12.2 Å². The fraction of sp³-hybridized carbons (Fsp3) is 0.158. The number of thiocarbonyl (C=S) groups is 1. The van der Waals surface area contributed by atoms with Gasteiger partial charge in [0.2, 0.25) is 0 Å². The molecule has 0 radical (unpaired) electrons. The molecule has 0 atom stereocenters. The molecule has 0 aliphatic carbocycles. The second-order valence-electron chi connectivity index (χ2n) is 5.82. The van der Waals surface area contributed by atoms with Gasteiger partial charge in [-0.15, -0.1) is 0 Å². The third kappa shape index (κ3) is 2.85. The predicted molar refractivity (Wildman–Crippen MR) is 99.8 cm³/mol. The van der Waals surface area contributed by atoms with E-state index in [1.807, 2.05) is 49.4 Å². The Morgan fingerprint density at radius 1 is 1.12 bits per heavy atom. The third-order valence-electron chi connectivity index (χ3n) is 4.11. The van der Waals surface area contributed by atoms with Crippen LogP contribution in [0.1, 0.15) is 11.1 Å². The molecular weight excluding hydrogens is 336 g/mol. The lowest BCUT2D eigenvalue weighted by molar-refractivity contribution is -0.113. The number of rotatable bonds is 2. The molecule has 0 aromatic heterocycles. The normalized spacial score (nSPS) is 17.8. The first-order chi connectivity index (χ1) is 12.1. The van der Waals surface area contributed by atoms with Crippen molar-refractivity contribution < 1.29 is 14.3 Å². The van der Waals surface area contributed by atoms with Crippen molar-refractivity contribution in [1.82, 2.24) is 5.32 Å². The van der Waals surface area contributed by atoms with Crippen LogP contribution in [0.2, 0.25) is 0 Å². The van der Waals surface area contributed by atoms with Crippen molar-refractivity contribution >= 4 is 35.0 Å². The number of nitrogens with zero attached hydrogens (tertiary/aromatic N) is 1. The van der Waals surface area contributed by atoms with Crippen LogP contribution in [0.4, 0.5) is 5.69 Å². The van der Waals surface area contributed by atoms with Crippen LogP contribution in [0, 0.1) is 6.92 Å². The summed E-state index contributed by atoms with van der Waals surface area (Å²) in [4.78, 5) is 14.3. The molecule has 2 aromatic carbocycles. The summed E-state index contributed by atoms with van der Waals surface area (Å²) in [7, 11) is 0. The van der Waals surface area contributed by atoms with Crippen LogP contribution in [0.15, 0.2) is 48.2 Å². The summed E-state index contributed by atoms with van der Waals surface area (Å²) in [6, 6.07) is 13.2. The van der Waals surface area contributed by atoms with E-state index in [1.54, 1.807) is 6.08 Å². The van der Waals surface area contributed by atoms with Crippen molar-refractivity contribution in [3.8, 4) is 11.5 Å². The second-order valence-corrected chi connectivity index (χ2v) is 6.21. The van der Waals surface area contributed by atoms with Crippen LogP contribution in [-0.2, 0) is 4.79 Å².